The minimum absolute atomic E-state index is 0.701. The van der Waals surface area contributed by atoms with Crippen molar-refractivity contribution in [3.05, 3.63) is 40.9 Å². The van der Waals surface area contributed by atoms with Gasteiger partial charge in [0.15, 0.2) is 0 Å². The molecule has 0 spiro atoms. The van der Waals surface area contributed by atoms with Gasteiger partial charge in [0.2, 0.25) is 0 Å². The number of nitrogens with one attached hydrogen (secondary N) is 1. The summed E-state index contributed by atoms with van der Waals surface area (Å²) in [5.41, 5.74) is 2.19. The van der Waals surface area contributed by atoms with Crippen molar-refractivity contribution in [1.29, 1.82) is 0 Å². The van der Waals surface area contributed by atoms with E-state index in [2.05, 4.69) is 37.4 Å². The molecule has 0 fully saturated rings. The maximum Gasteiger partial charge on any atom is 0.138 e. The summed E-state index contributed by atoms with van der Waals surface area (Å²) in [5, 5.41) is 7.48. The molecule has 0 saturated heterocycles. The summed E-state index contributed by atoms with van der Waals surface area (Å²) in [6, 6.07) is 6.10. The molecule has 1 heterocycles. The number of nitrogens with zero attached hydrogens (tertiary/aromatic N) is 3. The quantitative estimate of drug-likeness (QED) is 0.826. The Morgan fingerprint density at radius 2 is 2.33 bits per heavy atom. The number of halogens is 1. The summed E-state index contributed by atoms with van der Waals surface area (Å²) in [6.07, 6.45) is 3.23. The van der Waals surface area contributed by atoms with Crippen LogP contribution in [0, 0.1) is 0 Å². The Hall–Kier alpha value is -1.24. The molecule has 1 aromatic heterocycles. The minimum Gasteiger partial charge on any atom is -0.383 e. The van der Waals surface area contributed by atoms with Gasteiger partial charge in [-0.15, -0.1) is 0 Å². The lowest BCUT2D eigenvalue weighted by molar-refractivity contribution is 0.199. The number of benzene rings is 1. The first-order valence-corrected chi connectivity index (χ1v) is 6.43. The van der Waals surface area contributed by atoms with Crippen LogP contribution in [0.25, 0.3) is 5.69 Å². The molecule has 0 aliphatic carbocycles. The molecule has 96 valence electrons. The maximum atomic E-state index is 5.01. The number of hydrogen-bond acceptors (Lipinski definition) is 4. The van der Waals surface area contributed by atoms with E-state index < -0.39 is 0 Å². The van der Waals surface area contributed by atoms with Crippen LogP contribution in [0.2, 0.25) is 0 Å². The number of ether oxygens (including phenoxy) is 1. The van der Waals surface area contributed by atoms with Crippen LogP contribution in [0.4, 0.5) is 0 Å². The molecule has 5 nitrogen and oxygen atoms in total. The van der Waals surface area contributed by atoms with Crippen LogP contribution >= 0.6 is 15.9 Å². The molecule has 2 rings (SSSR count). The van der Waals surface area contributed by atoms with Gasteiger partial charge >= 0.3 is 0 Å². The zero-order chi connectivity index (χ0) is 12.8. The first-order valence-electron chi connectivity index (χ1n) is 5.64. The average molecular weight is 311 g/mol. The molecule has 0 radical (unpaired) electrons. The fraction of sp³-hybridized carbons (Fsp3) is 0.333. The second-order valence-corrected chi connectivity index (χ2v) is 4.70. The molecular weight excluding hydrogens is 296 g/mol. The van der Waals surface area contributed by atoms with Gasteiger partial charge in [0.25, 0.3) is 0 Å². The molecular formula is C12H15BrN4O. The molecule has 0 bridgehead atoms. The van der Waals surface area contributed by atoms with Crippen molar-refractivity contribution in [2.75, 3.05) is 20.3 Å². The molecule has 0 atom stereocenters. The summed E-state index contributed by atoms with van der Waals surface area (Å²) in [7, 11) is 1.70. The maximum absolute atomic E-state index is 5.01. The summed E-state index contributed by atoms with van der Waals surface area (Å²) in [4.78, 5) is 3.97. The van der Waals surface area contributed by atoms with E-state index in [9.17, 15) is 0 Å². The minimum atomic E-state index is 0.701. The summed E-state index contributed by atoms with van der Waals surface area (Å²) < 4.78 is 7.82. The fourth-order valence-electron chi connectivity index (χ4n) is 1.65. The lowest BCUT2D eigenvalue weighted by Crippen LogP contribution is -2.19. The molecule has 0 saturated carbocycles. The lowest BCUT2D eigenvalue weighted by atomic mass is 10.2. The van der Waals surface area contributed by atoms with Gasteiger partial charge in [-0.25, -0.2) is 9.67 Å². The van der Waals surface area contributed by atoms with Crippen molar-refractivity contribution in [3.63, 3.8) is 0 Å². The highest BCUT2D eigenvalue weighted by molar-refractivity contribution is 9.10. The van der Waals surface area contributed by atoms with E-state index in [0.717, 1.165) is 28.8 Å². The number of hydrogen-bond donors (Lipinski definition) is 1. The number of rotatable bonds is 6. The monoisotopic (exact) mass is 310 g/mol. The third kappa shape index (κ3) is 3.38. The highest BCUT2D eigenvalue weighted by Crippen LogP contribution is 2.19. The fourth-order valence-corrected chi connectivity index (χ4v) is 2.06. The average Bonchev–Trinajstić information content (AvgIpc) is 2.88. The van der Waals surface area contributed by atoms with E-state index in [4.69, 9.17) is 4.74 Å². The molecule has 1 aromatic carbocycles. The Bertz CT molecular complexity index is 487. The largest absolute Gasteiger partial charge is 0.383 e. The number of aromatic nitrogens is 3. The molecule has 0 aliphatic rings. The molecule has 0 aliphatic heterocycles. The summed E-state index contributed by atoms with van der Waals surface area (Å²) in [5.74, 6) is 0. The van der Waals surface area contributed by atoms with Gasteiger partial charge in [-0.2, -0.15) is 5.10 Å². The zero-order valence-electron chi connectivity index (χ0n) is 10.1. The third-order valence-corrected chi connectivity index (χ3v) is 3.00. The second kappa shape index (κ2) is 6.63. The van der Waals surface area contributed by atoms with Crippen molar-refractivity contribution < 1.29 is 4.74 Å². The van der Waals surface area contributed by atoms with Crippen LogP contribution in [-0.2, 0) is 11.3 Å². The van der Waals surface area contributed by atoms with Crippen molar-refractivity contribution in [1.82, 2.24) is 20.1 Å². The normalized spacial score (nSPS) is 10.8. The standard InChI is InChI=1S/C12H15BrN4O/c1-18-5-4-14-7-10-6-11(13)2-3-12(10)17-9-15-8-16-17/h2-3,6,8-9,14H,4-5,7H2,1H3. The SMILES string of the molecule is COCCNCc1cc(Br)ccc1-n1cncn1. The van der Waals surface area contributed by atoms with Crippen LogP contribution in [-0.4, -0.2) is 35.0 Å². The Labute approximate surface area is 114 Å². The van der Waals surface area contributed by atoms with E-state index in [0.29, 0.717) is 6.61 Å². The molecule has 6 heteroatoms. The molecule has 1 N–H and O–H groups in total. The summed E-state index contributed by atoms with van der Waals surface area (Å²) >= 11 is 3.48. The van der Waals surface area contributed by atoms with Crippen LogP contribution in [0.15, 0.2) is 35.3 Å². The van der Waals surface area contributed by atoms with Crippen molar-refractivity contribution in [2.24, 2.45) is 0 Å². The Morgan fingerprint density at radius 1 is 1.44 bits per heavy atom. The Morgan fingerprint density at radius 3 is 3.06 bits per heavy atom. The first kappa shape index (κ1) is 13.2. The second-order valence-electron chi connectivity index (χ2n) is 3.78. The topological polar surface area (TPSA) is 52.0 Å². The van der Waals surface area contributed by atoms with E-state index in [1.807, 2.05) is 12.1 Å². The number of methoxy groups -OCH3 is 1. The highest BCUT2D eigenvalue weighted by Gasteiger charge is 2.05. The van der Waals surface area contributed by atoms with Gasteiger partial charge in [0.05, 0.1) is 12.3 Å². The smallest absolute Gasteiger partial charge is 0.138 e. The Kier molecular flexibility index (Phi) is 4.86. The highest BCUT2D eigenvalue weighted by atomic mass is 79.9. The predicted octanol–water partition coefficient (Wildman–Crippen LogP) is 1.77. The van der Waals surface area contributed by atoms with E-state index in [1.54, 1.807) is 18.1 Å². The predicted molar refractivity (Wildman–Crippen MR) is 72.6 cm³/mol. The van der Waals surface area contributed by atoms with Crippen molar-refractivity contribution >= 4 is 15.9 Å². The van der Waals surface area contributed by atoms with Gasteiger partial charge in [-0.05, 0) is 23.8 Å². The van der Waals surface area contributed by atoms with Gasteiger partial charge in [0, 0.05) is 24.7 Å². The van der Waals surface area contributed by atoms with Gasteiger partial charge < -0.3 is 10.1 Å². The summed E-state index contributed by atoms with van der Waals surface area (Å²) in [6.45, 7) is 2.28. The van der Waals surface area contributed by atoms with Crippen LogP contribution in [0.1, 0.15) is 5.56 Å². The molecule has 0 unspecified atom stereocenters. The van der Waals surface area contributed by atoms with Gasteiger partial charge in [0.1, 0.15) is 12.7 Å². The van der Waals surface area contributed by atoms with E-state index in [1.165, 1.54) is 6.33 Å². The molecule has 18 heavy (non-hydrogen) atoms. The zero-order valence-corrected chi connectivity index (χ0v) is 11.7. The van der Waals surface area contributed by atoms with E-state index in [-0.39, 0.29) is 0 Å². The van der Waals surface area contributed by atoms with Crippen molar-refractivity contribution in [3.8, 4) is 5.69 Å². The lowest BCUT2D eigenvalue weighted by Gasteiger charge is -2.10. The first-order chi connectivity index (χ1) is 8.81. The molecule has 2 aromatic rings. The van der Waals surface area contributed by atoms with Gasteiger partial charge in [-0.3, -0.25) is 0 Å². The van der Waals surface area contributed by atoms with Crippen LogP contribution in [0.5, 0.6) is 0 Å². The van der Waals surface area contributed by atoms with Crippen LogP contribution in [0.3, 0.4) is 0 Å². The molecule has 0 amide bonds. The Balaban J connectivity index is 2.14. The van der Waals surface area contributed by atoms with E-state index >= 15 is 0 Å². The third-order valence-electron chi connectivity index (χ3n) is 2.51. The van der Waals surface area contributed by atoms with Crippen molar-refractivity contribution in [2.45, 2.75) is 6.54 Å². The van der Waals surface area contributed by atoms with Gasteiger partial charge in [-0.1, -0.05) is 15.9 Å². The van der Waals surface area contributed by atoms with Crippen LogP contribution < -0.4 is 5.32 Å².